The summed E-state index contributed by atoms with van der Waals surface area (Å²) < 4.78 is 52.6. The number of furan rings is 3. The molecule has 9 nitrogen and oxygen atoms in total. The topological polar surface area (TPSA) is 94.8 Å². The van der Waals surface area contributed by atoms with E-state index in [9.17, 15) is 0 Å². The van der Waals surface area contributed by atoms with Gasteiger partial charge >= 0.3 is 0 Å². The van der Waals surface area contributed by atoms with Gasteiger partial charge in [0.15, 0.2) is 0 Å². The van der Waals surface area contributed by atoms with E-state index in [0.29, 0.717) is 63.7 Å². The Balaban J connectivity index is 1.28. The molecule has 0 spiro atoms. The van der Waals surface area contributed by atoms with Crippen molar-refractivity contribution in [3.63, 3.8) is 0 Å². The van der Waals surface area contributed by atoms with Crippen LogP contribution in [-0.2, 0) is 0 Å². The van der Waals surface area contributed by atoms with E-state index in [1.54, 1.807) is 46.8 Å². The molecule has 236 valence electrons. The molecule has 6 rings (SSSR count). The summed E-state index contributed by atoms with van der Waals surface area (Å²) in [6, 6.07) is 22.2. The van der Waals surface area contributed by atoms with Crippen molar-refractivity contribution >= 4 is 0 Å². The summed E-state index contributed by atoms with van der Waals surface area (Å²) in [7, 11) is 6.47. The van der Waals surface area contributed by atoms with Gasteiger partial charge in [-0.25, -0.2) is 0 Å². The molecular weight excluding hydrogens is 588 g/mol. The van der Waals surface area contributed by atoms with Crippen LogP contribution in [0.25, 0.3) is 34.0 Å². The van der Waals surface area contributed by atoms with Crippen LogP contribution in [0.4, 0.5) is 0 Å². The second-order valence-electron chi connectivity index (χ2n) is 10.5. The van der Waals surface area contributed by atoms with Crippen molar-refractivity contribution in [2.75, 3.05) is 28.4 Å². The van der Waals surface area contributed by atoms with E-state index >= 15 is 0 Å². The molecule has 0 saturated carbocycles. The van der Waals surface area contributed by atoms with Crippen molar-refractivity contribution in [3.05, 3.63) is 95.7 Å². The molecule has 0 radical (unpaired) electrons. The molecule has 0 unspecified atom stereocenters. The zero-order valence-corrected chi connectivity index (χ0v) is 26.7. The summed E-state index contributed by atoms with van der Waals surface area (Å²) >= 11 is 0. The molecule has 0 amide bonds. The van der Waals surface area contributed by atoms with E-state index in [4.69, 9.17) is 41.7 Å². The molecule has 0 aliphatic carbocycles. The fourth-order valence-corrected chi connectivity index (χ4v) is 5.19. The van der Waals surface area contributed by atoms with E-state index in [2.05, 4.69) is 0 Å². The van der Waals surface area contributed by atoms with Crippen molar-refractivity contribution in [1.29, 1.82) is 0 Å². The number of methoxy groups -OCH3 is 4. The van der Waals surface area contributed by atoms with Crippen LogP contribution in [0.3, 0.4) is 0 Å². The number of hydrogen-bond donors (Lipinski definition) is 0. The van der Waals surface area contributed by atoms with Crippen molar-refractivity contribution in [3.8, 4) is 80.4 Å². The molecule has 0 fully saturated rings. The molecule has 3 heterocycles. The average molecular weight is 623 g/mol. The van der Waals surface area contributed by atoms with E-state index in [1.807, 2.05) is 81.4 Å². The van der Waals surface area contributed by atoms with Gasteiger partial charge in [-0.15, -0.1) is 0 Å². The Labute approximate surface area is 266 Å². The van der Waals surface area contributed by atoms with Gasteiger partial charge in [-0.3, -0.25) is 0 Å². The summed E-state index contributed by atoms with van der Waals surface area (Å²) in [5, 5.41) is 0. The summed E-state index contributed by atoms with van der Waals surface area (Å²) in [6.45, 7) is 5.77. The Kier molecular flexibility index (Phi) is 8.39. The maximum Gasteiger partial charge on any atom is 0.290 e. The summed E-state index contributed by atoms with van der Waals surface area (Å²) in [4.78, 5) is 0. The van der Waals surface area contributed by atoms with Crippen LogP contribution in [0.1, 0.15) is 16.7 Å². The predicted octanol–water partition coefficient (Wildman–Crippen LogP) is 10.0. The highest BCUT2D eigenvalue weighted by Crippen LogP contribution is 2.42. The fourth-order valence-electron chi connectivity index (χ4n) is 5.19. The zero-order chi connectivity index (χ0) is 32.4. The van der Waals surface area contributed by atoms with Crippen LogP contribution >= 0.6 is 0 Å². The minimum atomic E-state index is 0.304. The summed E-state index contributed by atoms with van der Waals surface area (Å²) in [5.41, 5.74) is 4.86. The molecule has 0 aliphatic heterocycles. The Morgan fingerprint density at radius 1 is 0.435 bits per heavy atom. The second kappa shape index (κ2) is 12.7. The minimum Gasteiger partial charge on any atom is -0.496 e. The van der Waals surface area contributed by atoms with Gasteiger partial charge in [0.25, 0.3) is 11.9 Å². The number of ether oxygens (including phenoxy) is 6. The molecule has 0 N–H and O–H groups in total. The van der Waals surface area contributed by atoms with Crippen LogP contribution in [0, 0.1) is 20.8 Å². The highest BCUT2D eigenvalue weighted by atomic mass is 16.6. The molecule has 9 heteroatoms. The molecule has 46 heavy (non-hydrogen) atoms. The first-order chi connectivity index (χ1) is 22.3. The Hall–Kier alpha value is -5.70. The molecule has 3 aromatic heterocycles. The lowest BCUT2D eigenvalue weighted by Crippen LogP contribution is -1.94. The van der Waals surface area contributed by atoms with E-state index in [-0.39, 0.29) is 0 Å². The normalized spacial score (nSPS) is 10.9. The van der Waals surface area contributed by atoms with E-state index in [1.165, 1.54) is 0 Å². The summed E-state index contributed by atoms with van der Waals surface area (Å²) in [6.07, 6.45) is 1.62. The quantitative estimate of drug-likeness (QED) is 0.140. The summed E-state index contributed by atoms with van der Waals surface area (Å²) in [5.74, 6) is 6.27. The largest absolute Gasteiger partial charge is 0.496 e. The molecular formula is C37H34O9. The molecule has 0 atom stereocenters. The van der Waals surface area contributed by atoms with Crippen LogP contribution in [0.15, 0.2) is 92.3 Å². The van der Waals surface area contributed by atoms with Crippen molar-refractivity contribution in [2.45, 2.75) is 20.8 Å². The monoisotopic (exact) mass is 622 g/mol. The maximum atomic E-state index is 6.24. The molecule has 0 aliphatic rings. The van der Waals surface area contributed by atoms with Gasteiger partial charge in [-0.2, -0.15) is 0 Å². The van der Waals surface area contributed by atoms with Gasteiger partial charge in [-0.05, 0) is 81.4 Å². The van der Waals surface area contributed by atoms with E-state index < -0.39 is 0 Å². The third-order valence-corrected chi connectivity index (χ3v) is 7.78. The zero-order valence-electron chi connectivity index (χ0n) is 26.7. The third kappa shape index (κ3) is 5.87. The van der Waals surface area contributed by atoms with Crippen molar-refractivity contribution in [1.82, 2.24) is 0 Å². The predicted molar refractivity (Wildman–Crippen MR) is 173 cm³/mol. The highest BCUT2D eigenvalue weighted by Gasteiger charge is 2.19. The van der Waals surface area contributed by atoms with Crippen LogP contribution in [0.2, 0.25) is 0 Å². The van der Waals surface area contributed by atoms with Crippen LogP contribution in [-0.4, -0.2) is 28.4 Å². The molecule has 3 aromatic carbocycles. The standard InChI is InChI=1S/C37H34O9/c1-21-30(38-4)16-25(17-31(21)39-5)28-10-12-36(43-28)46-35-20-26(18-33(41-7)23(35)3)29-11-13-37(44-29)45-34-19-24(27-9-8-14-42-27)15-32(40-6)22(34)2/h8-20H,1-7H3. The van der Waals surface area contributed by atoms with Crippen molar-refractivity contribution < 1.29 is 41.7 Å². The lowest BCUT2D eigenvalue weighted by molar-refractivity contribution is 0.342. The third-order valence-electron chi connectivity index (χ3n) is 7.78. The fraction of sp³-hybridized carbons (Fsp3) is 0.189. The van der Waals surface area contributed by atoms with Gasteiger partial charge < -0.3 is 41.7 Å². The Bertz CT molecular complexity index is 1950. The molecule has 0 bridgehead atoms. The lowest BCUT2D eigenvalue weighted by Gasteiger charge is -2.13. The van der Waals surface area contributed by atoms with Gasteiger partial charge in [-0.1, -0.05) is 0 Å². The highest BCUT2D eigenvalue weighted by molar-refractivity contribution is 5.68. The Morgan fingerprint density at radius 2 is 0.804 bits per heavy atom. The van der Waals surface area contributed by atoms with Gasteiger partial charge in [0.1, 0.15) is 51.8 Å². The van der Waals surface area contributed by atoms with Gasteiger partial charge in [0.05, 0.1) is 34.7 Å². The average Bonchev–Trinajstić information content (AvgIpc) is 3.86. The molecule has 6 aromatic rings. The van der Waals surface area contributed by atoms with Gasteiger partial charge in [0, 0.05) is 45.5 Å². The van der Waals surface area contributed by atoms with Crippen LogP contribution < -0.4 is 28.4 Å². The van der Waals surface area contributed by atoms with Gasteiger partial charge in [0.2, 0.25) is 0 Å². The second-order valence-corrected chi connectivity index (χ2v) is 10.5. The first-order valence-electron chi connectivity index (χ1n) is 14.5. The number of rotatable bonds is 11. The van der Waals surface area contributed by atoms with Crippen molar-refractivity contribution in [2.24, 2.45) is 0 Å². The molecule has 0 saturated heterocycles. The maximum absolute atomic E-state index is 6.24. The first-order valence-corrected chi connectivity index (χ1v) is 14.5. The Morgan fingerprint density at radius 3 is 1.17 bits per heavy atom. The SMILES string of the molecule is COc1cc(-c2ccc(Oc3cc(-c4ccc(Oc5cc(-c6ccco6)cc(OC)c5C)o4)cc(OC)c3C)o2)cc(OC)c1C. The number of benzene rings is 3. The smallest absolute Gasteiger partial charge is 0.290 e. The number of hydrogen-bond acceptors (Lipinski definition) is 9. The minimum absolute atomic E-state index is 0.304. The van der Waals surface area contributed by atoms with E-state index in [0.717, 1.165) is 33.4 Å². The van der Waals surface area contributed by atoms with Crippen LogP contribution in [0.5, 0.6) is 46.4 Å². The first kappa shape index (κ1) is 30.3. The lowest BCUT2D eigenvalue weighted by atomic mass is 10.1.